The van der Waals surface area contributed by atoms with Crippen LogP contribution in [0.5, 0.6) is 0 Å². The van der Waals surface area contributed by atoms with E-state index < -0.39 is 6.10 Å². The van der Waals surface area contributed by atoms with Crippen molar-refractivity contribution in [3.8, 4) is 0 Å². The molecule has 0 aromatic heterocycles. The van der Waals surface area contributed by atoms with Crippen LogP contribution in [0.4, 0.5) is 0 Å². The standard InChI is InChI=1S/C13H24O5/c1-3-4-9-18-13(16)10-11(14)7-5-6-8-12(15)17-2/h11,14H,3-10H2,1-2H3. The molecular formula is C13H24O5. The minimum atomic E-state index is -0.684. The minimum Gasteiger partial charge on any atom is -0.469 e. The Morgan fingerprint density at radius 1 is 1.17 bits per heavy atom. The number of hydrogen-bond acceptors (Lipinski definition) is 5. The fraction of sp³-hybridized carbons (Fsp3) is 0.846. The van der Waals surface area contributed by atoms with Gasteiger partial charge in [0, 0.05) is 6.42 Å². The summed E-state index contributed by atoms with van der Waals surface area (Å²) in [7, 11) is 1.35. The average Bonchev–Trinajstić information content (AvgIpc) is 2.34. The Bertz CT molecular complexity index is 240. The van der Waals surface area contributed by atoms with Gasteiger partial charge in [-0.05, 0) is 19.3 Å². The van der Waals surface area contributed by atoms with Gasteiger partial charge in [-0.3, -0.25) is 9.59 Å². The predicted molar refractivity (Wildman–Crippen MR) is 67.0 cm³/mol. The number of ether oxygens (including phenoxy) is 2. The first-order valence-electron chi connectivity index (χ1n) is 6.50. The first-order valence-corrected chi connectivity index (χ1v) is 6.50. The Morgan fingerprint density at radius 2 is 1.89 bits per heavy atom. The number of methoxy groups -OCH3 is 1. The van der Waals surface area contributed by atoms with E-state index in [1.165, 1.54) is 7.11 Å². The number of hydrogen-bond donors (Lipinski definition) is 1. The summed E-state index contributed by atoms with van der Waals surface area (Å²) in [5, 5.41) is 9.58. The lowest BCUT2D eigenvalue weighted by atomic mass is 10.1. The summed E-state index contributed by atoms with van der Waals surface area (Å²) in [4.78, 5) is 22.1. The third-order valence-corrected chi connectivity index (χ3v) is 2.56. The van der Waals surface area contributed by atoms with E-state index >= 15 is 0 Å². The second-order valence-electron chi connectivity index (χ2n) is 4.25. The third-order valence-electron chi connectivity index (χ3n) is 2.56. The molecule has 5 heteroatoms. The zero-order valence-corrected chi connectivity index (χ0v) is 11.3. The van der Waals surface area contributed by atoms with Gasteiger partial charge >= 0.3 is 11.9 Å². The number of aliphatic hydroxyl groups excluding tert-OH is 1. The molecule has 0 heterocycles. The minimum absolute atomic E-state index is 0.0297. The smallest absolute Gasteiger partial charge is 0.308 e. The number of carbonyl (C=O) groups is 2. The zero-order chi connectivity index (χ0) is 13.8. The lowest BCUT2D eigenvalue weighted by Crippen LogP contribution is -2.16. The number of aliphatic hydroxyl groups is 1. The van der Waals surface area contributed by atoms with E-state index in [0.717, 1.165) is 12.8 Å². The molecule has 0 aliphatic carbocycles. The molecule has 106 valence electrons. The largest absolute Gasteiger partial charge is 0.469 e. The van der Waals surface area contributed by atoms with Crippen LogP contribution in [0.25, 0.3) is 0 Å². The van der Waals surface area contributed by atoms with Gasteiger partial charge in [-0.2, -0.15) is 0 Å². The summed E-state index contributed by atoms with van der Waals surface area (Å²) in [5.74, 6) is -0.604. The number of carbonyl (C=O) groups excluding carboxylic acids is 2. The summed E-state index contributed by atoms with van der Waals surface area (Å²) in [6.07, 6.45) is 3.38. The molecule has 0 aromatic rings. The van der Waals surface area contributed by atoms with Crippen LogP contribution in [0.3, 0.4) is 0 Å². The highest BCUT2D eigenvalue weighted by Gasteiger charge is 2.12. The maximum absolute atomic E-state index is 11.3. The van der Waals surface area contributed by atoms with Crippen LogP contribution in [0.1, 0.15) is 51.9 Å². The first-order chi connectivity index (χ1) is 8.60. The van der Waals surface area contributed by atoms with Crippen molar-refractivity contribution in [3.63, 3.8) is 0 Å². The summed E-state index contributed by atoms with van der Waals surface area (Å²) in [6, 6.07) is 0. The first kappa shape index (κ1) is 16.9. The summed E-state index contributed by atoms with van der Waals surface area (Å²) in [5.41, 5.74) is 0. The molecule has 0 aliphatic rings. The van der Waals surface area contributed by atoms with Crippen LogP contribution < -0.4 is 0 Å². The van der Waals surface area contributed by atoms with Crippen LogP contribution in [-0.4, -0.2) is 36.9 Å². The summed E-state index contributed by atoms with van der Waals surface area (Å²) < 4.78 is 9.44. The van der Waals surface area contributed by atoms with Crippen LogP contribution >= 0.6 is 0 Å². The van der Waals surface area contributed by atoms with Crippen molar-refractivity contribution in [2.45, 2.75) is 58.0 Å². The summed E-state index contributed by atoms with van der Waals surface area (Å²) >= 11 is 0. The normalized spacial score (nSPS) is 11.9. The van der Waals surface area contributed by atoms with Gasteiger partial charge < -0.3 is 14.6 Å². The Labute approximate surface area is 108 Å². The van der Waals surface area contributed by atoms with E-state index in [2.05, 4.69) is 4.74 Å². The van der Waals surface area contributed by atoms with E-state index in [1.54, 1.807) is 0 Å². The molecule has 0 rings (SSSR count). The molecule has 0 saturated carbocycles. The van der Waals surface area contributed by atoms with Gasteiger partial charge in [0.25, 0.3) is 0 Å². The van der Waals surface area contributed by atoms with Crippen molar-refractivity contribution in [2.24, 2.45) is 0 Å². The van der Waals surface area contributed by atoms with Gasteiger partial charge in [0.15, 0.2) is 0 Å². The molecule has 0 bridgehead atoms. The molecule has 0 amide bonds. The Morgan fingerprint density at radius 3 is 2.50 bits per heavy atom. The Hall–Kier alpha value is -1.10. The maximum atomic E-state index is 11.3. The molecule has 0 aliphatic heterocycles. The molecule has 0 spiro atoms. The molecule has 1 N–H and O–H groups in total. The van der Waals surface area contributed by atoms with Gasteiger partial charge in [0.05, 0.1) is 26.2 Å². The molecule has 18 heavy (non-hydrogen) atoms. The highest BCUT2D eigenvalue weighted by Crippen LogP contribution is 2.08. The van der Waals surface area contributed by atoms with Gasteiger partial charge in [-0.25, -0.2) is 0 Å². The van der Waals surface area contributed by atoms with Crippen molar-refractivity contribution in [1.82, 2.24) is 0 Å². The monoisotopic (exact) mass is 260 g/mol. The van der Waals surface area contributed by atoms with Gasteiger partial charge in [0.1, 0.15) is 0 Å². The van der Waals surface area contributed by atoms with Crippen LogP contribution in [0, 0.1) is 0 Å². The molecule has 0 radical (unpaired) electrons. The van der Waals surface area contributed by atoms with Gasteiger partial charge in [-0.1, -0.05) is 19.8 Å². The maximum Gasteiger partial charge on any atom is 0.308 e. The average molecular weight is 260 g/mol. The van der Waals surface area contributed by atoms with Crippen LogP contribution in [0.2, 0.25) is 0 Å². The fourth-order valence-electron chi connectivity index (χ4n) is 1.44. The number of unbranched alkanes of at least 4 members (excludes halogenated alkanes) is 2. The van der Waals surface area contributed by atoms with Gasteiger partial charge in [-0.15, -0.1) is 0 Å². The molecule has 0 aromatic carbocycles. The zero-order valence-electron chi connectivity index (χ0n) is 11.3. The van der Waals surface area contributed by atoms with E-state index in [9.17, 15) is 14.7 Å². The molecule has 5 nitrogen and oxygen atoms in total. The Balaban J connectivity index is 3.49. The van der Waals surface area contributed by atoms with E-state index in [0.29, 0.717) is 32.3 Å². The van der Waals surface area contributed by atoms with Crippen molar-refractivity contribution < 1.29 is 24.2 Å². The lowest BCUT2D eigenvalue weighted by molar-refractivity contribution is -0.146. The highest BCUT2D eigenvalue weighted by molar-refractivity contribution is 5.70. The second-order valence-corrected chi connectivity index (χ2v) is 4.25. The van der Waals surface area contributed by atoms with Gasteiger partial charge in [0.2, 0.25) is 0 Å². The Kier molecular flexibility index (Phi) is 10.3. The highest BCUT2D eigenvalue weighted by atomic mass is 16.5. The summed E-state index contributed by atoms with van der Waals surface area (Å²) in [6.45, 7) is 2.44. The second kappa shape index (κ2) is 11.0. The van der Waals surface area contributed by atoms with Crippen molar-refractivity contribution >= 4 is 11.9 Å². The SMILES string of the molecule is CCCCOC(=O)CC(O)CCCCC(=O)OC. The van der Waals surface area contributed by atoms with Crippen LogP contribution in [-0.2, 0) is 19.1 Å². The molecule has 0 saturated heterocycles. The number of esters is 2. The van der Waals surface area contributed by atoms with E-state index in [1.807, 2.05) is 6.92 Å². The predicted octanol–water partition coefficient (Wildman–Crippen LogP) is 1.81. The third kappa shape index (κ3) is 10.1. The fourth-order valence-corrected chi connectivity index (χ4v) is 1.44. The molecule has 0 fully saturated rings. The molecule has 1 atom stereocenters. The van der Waals surface area contributed by atoms with Crippen molar-refractivity contribution in [2.75, 3.05) is 13.7 Å². The van der Waals surface area contributed by atoms with Crippen molar-refractivity contribution in [1.29, 1.82) is 0 Å². The molecular weight excluding hydrogens is 236 g/mol. The van der Waals surface area contributed by atoms with Crippen LogP contribution in [0.15, 0.2) is 0 Å². The molecule has 1 unspecified atom stereocenters. The quantitative estimate of drug-likeness (QED) is 0.479. The lowest BCUT2D eigenvalue weighted by Gasteiger charge is -2.09. The topological polar surface area (TPSA) is 72.8 Å². The van der Waals surface area contributed by atoms with Crippen molar-refractivity contribution in [3.05, 3.63) is 0 Å². The van der Waals surface area contributed by atoms with E-state index in [4.69, 9.17) is 4.74 Å². The van der Waals surface area contributed by atoms with E-state index in [-0.39, 0.29) is 18.4 Å². The number of rotatable bonds is 10.